The van der Waals surface area contributed by atoms with Crippen molar-refractivity contribution in [1.29, 1.82) is 0 Å². The van der Waals surface area contributed by atoms with Crippen molar-refractivity contribution < 1.29 is 34.2 Å². The van der Waals surface area contributed by atoms with Crippen LogP contribution in [0, 0.1) is 0 Å². The fraction of sp³-hybridized carbons (Fsp3) is 0.375. The van der Waals surface area contributed by atoms with E-state index in [1.807, 2.05) is 30.3 Å². The lowest BCUT2D eigenvalue weighted by atomic mass is 9.85. The first kappa shape index (κ1) is 23.2. The van der Waals surface area contributed by atoms with Crippen molar-refractivity contribution in [2.75, 3.05) is 13.1 Å². The van der Waals surface area contributed by atoms with Crippen LogP contribution >= 0.6 is 0 Å². The van der Waals surface area contributed by atoms with Gasteiger partial charge in [0, 0.05) is 18.4 Å². The fourth-order valence-corrected chi connectivity index (χ4v) is 6.08. The molecule has 0 bridgehead atoms. The van der Waals surface area contributed by atoms with Crippen LogP contribution in [0.4, 0.5) is 0 Å². The molecule has 4 aliphatic rings. The molecule has 1 spiro atoms. The number of amides is 3. The van der Waals surface area contributed by atoms with Crippen molar-refractivity contribution in [3.8, 4) is 0 Å². The van der Waals surface area contributed by atoms with E-state index in [2.05, 4.69) is 20.9 Å². The molecule has 10 N–H and O–H groups in total. The van der Waals surface area contributed by atoms with Gasteiger partial charge in [0.25, 0.3) is 17.4 Å². The van der Waals surface area contributed by atoms with E-state index in [0.717, 1.165) is 15.7 Å². The largest absolute Gasteiger partial charge is 0.358 e. The smallest absolute Gasteiger partial charge is 0.347 e. The molecule has 4 atom stereocenters. The molecule has 1 unspecified atom stereocenters. The van der Waals surface area contributed by atoms with Crippen molar-refractivity contribution in [2.24, 2.45) is 11.5 Å². The highest BCUT2D eigenvalue weighted by Gasteiger charge is 2.78. The first-order chi connectivity index (χ1) is 17.6. The molecule has 4 aliphatic heterocycles. The van der Waals surface area contributed by atoms with E-state index in [0.29, 0.717) is 5.56 Å². The minimum absolute atomic E-state index is 0.0519. The molecule has 4 heterocycles. The predicted molar refractivity (Wildman–Crippen MR) is 129 cm³/mol. The third kappa shape index (κ3) is 3.20. The van der Waals surface area contributed by atoms with Gasteiger partial charge in [-0.2, -0.15) is 0 Å². The zero-order valence-electron chi connectivity index (χ0n) is 19.8. The lowest BCUT2D eigenvalue weighted by molar-refractivity contribution is -0.674. The second-order valence-corrected chi connectivity index (χ2v) is 9.85. The molecule has 2 saturated heterocycles. The topological polar surface area (TPSA) is 200 Å². The van der Waals surface area contributed by atoms with Gasteiger partial charge in [-0.05, 0) is 16.8 Å². The summed E-state index contributed by atoms with van der Waals surface area (Å²) >= 11 is 0. The molecule has 6 rings (SSSR count). The molecule has 13 heteroatoms. The van der Waals surface area contributed by atoms with Crippen molar-refractivity contribution in [3.63, 3.8) is 0 Å². The van der Waals surface area contributed by atoms with Crippen LogP contribution in [0.1, 0.15) is 23.2 Å². The van der Waals surface area contributed by atoms with Gasteiger partial charge >= 0.3 is 11.9 Å². The highest BCUT2D eigenvalue weighted by atomic mass is 16.5. The van der Waals surface area contributed by atoms with Crippen LogP contribution < -0.4 is 32.4 Å². The Morgan fingerprint density at radius 3 is 2.59 bits per heavy atom. The summed E-state index contributed by atoms with van der Waals surface area (Å²) in [4.78, 5) is 42.0. The van der Waals surface area contributed by atoms with E-state index in [4.69, 9.17) is 11.5 Å². The Bertz CT molecular complexity index is 1400. The molecular weight excluding hydrogens is 480 g/mol. The molecule has 0 aliphatic carbocycles. The minimum atomic E-state index is -2.57. The Kier molecular flexibility index (Phi) is 4.94. The lowest BCUT2D eigenvalue weighted by Gasteiger charge is -2.41. The maximum Gasteiger partial charge on any atom is 0.347 e. The van der Waals surface area contributed by atoms with Gasteiger partial charge < -0.3 is 15.5 Å². The van der Waals surface area contributed by atoms with Crippen LogP contribution in [0.2, 0.25) is 0 Å². The summed E-state index contributed by atoms with van der Waals surface area (Å²) in [5, 5.41) is 33.6. The average molecular weight is 509 g/mol. The second-order valence-electron chi connectivity index (χ2n) is 9.85. The van der Waals surface area contributed by atoms with Crippen molar-refractivity contribution in [3.05, 3.63) is 48.0 Å². The van der Waals surface area contributed by atoms with Crippen LogP contribution in [-0.2, 0) is 9.59 Å². The maximum absolute atomic E-state index is 13.4. The Balaban J connectivity index is 1.34. The Hall–Kier alpha value is -4.23. The quantitative estimate of drug-likeness (QED) is 0.113. The number of fused-ring (bicyclic) bond motifs is 1. The molecule has 192 valence electrons. The van der Waals surface area contributed by atoms with E-state index in [1.54, 1.807) is 12.1 Å². The Morgan fingerprint density at radius 1 is 1.14 bits per heavy atom. The third-order valence-corrected chi connectivity index (χ3v) is 7.82. The highest BCUT2D eigenvalue weighted by Crippen LogP contribution is 2.38. The number of imide groups is 1. The standard InChI is InChI=1S/C24H26N8O5/c25-21-29-19-15(10-31-17(33)8-9-18(31)34)27-22(26)32-11-16(24(36,37)23(19,32)30-21)28-20(35)14-7-3-5-12-4-1-2-6-13(12)14/h1-7,15-16,19,36-37H,8-11H2,(H6,25,26,27,28,29,30,35)/p+2/t15-,16?,19-,23-/m0/s1. The third-order valence-electron chi connectivity index (χ3n) is 7.82. The number of carbonyl (C=O) groups excluding carboxylic acids is 3. The fourth-order valence-electron chi connectivity index (χ4n) is 6.08. The molecule has 0 radical (unpaired) electrons. The zero-order chi connectivity index (χ0) is 26.1. The SMILES string of the molecule is NC1=[NH+][C@H]2[C@H](CN3C(=O)CCC3=O)NC(N)=[N+]3CC(NC(=O)c4cccc5ccccc45)C(O)(O)[C@]23N1. The van der Waals surface area contributed by atoms with Gasteiger partial charge in [-0.1, -0.05) is 36.4 Å². The average Bonchev–Trinajstić information content (AvgIpc) is 3.46. The summed E-state index contributed by atoms with van der Waals surface area (Å²) in [7, 11) is 0. The summed E-state index contributed by atoms with van der Waals surface area (Å²) in [6.45, 7) is -0.112. The molecule has 0 saturated carbocycles. The number of nitrogens with two attached hydrogens (primary N) is 2. The molecule has 0 aromatic heterocycles. The summed E-state index contributed by atoms with van der Waals surface area (Å²) in [5.41, 5.74) is 11.1. The van der Waals surface area contributed by atoms with E-state index >= 15 is 0 Å². The first-order valence-electron chi connectivity index (χ1n) is 12.0. The number of hydrogen-bond donors (Lipinski definition) is 8. The second kappa shape index (κ2) is 7.88. The van der Waals surface area contributed by atoms with Crippen LogP contribution in [0.15, 0.2) is 42.5 Å². The molecule has 3 amide bonds. The predicted octanol–water partition coefficient (Wildman–Crippen LogP) is -4.86. The molecule has 2 aromatic carbocycles. The van der Waals surface area contributed by atoms with E-state index in [-0.39, 0.29) is 49.7 Å². The number of hydrogen-bond acceptors (Lipinski definition) is 9. The number of likely N-dealkylation sites (tertiary alicyclic amines) is 1. The lowest BCUT2D eigenvalue weighted by Crippen LogP contribution is -2.92. The number of benzene rings is 2. The summed E-state index contributed by atoms with van der Waals surface area (Å²) in [6, 6.07) is 9.99. The van der Waals surface area contributed by atoms with Gasteiger partial charge in [0.2, 0.25) is 11.8 Å². The maximum atomic E-state index is 13.4. The van der Waals surface area contributed by atoms with Crippen LogP contribution in [0.5, 0.6) is 0 Å². The van der Waals surface area contributed by atoms with Gasteiger partial charge in [0.15, 0.2) is 6.04 Å². The molecule has 37 heavy (non-hydrogen) atoms. The normalized spacial score (nSPS) is 30.1. The highest BCUT2D eigenvalue weighted by molar-refractivity contribution is 6.07. The molecule has 2 aromatic rings. The van der Waals surface area contributed by atoms with Gasteiger partial charge in [-0.15, -0.1) is 0 Å². The Morgan fingerprint density at radius 2 is 1.84 bits per heavy atom. The zero-order valence-corrected chi connectivity index (χ0v) is 19.8. The monoisotopic (exact) mass is 508 g/mol. The molecule has 2 fully saturated rings. The van der Waals surface area contributed by atoms with Crippen molar-refractivity contribution in [1.82, 2.24) is 20.9 Å². The van der Waals surface area contributed by atoms with Crippen molar-refractivity contribution >= 4 is 40.4 Å². The van der Waals surface area contributed by atoms with E-state index < -0.39 is 35.5 Å². The van der Waals surface area contributed by atoms with Crippen LogP contribution in [-0.4, -0.2) is 92.0 Å². The van der Waals surface area contributed by atoms with Crippen LogP contribution in [0.25, 0.3) is 10.8 Å². The number of guanidine groups is 2. The Labute approximate surface area is 210 Å². The van der Waals surface area contributed by atoms with Gasteiger partial charge in [-0.3, -0.25) is 41.1 Å². The van der Waals surface area contributed by atoms with E-state index in [1.165, 1.54) is 4.58 Å². The van der Waals surface area contributed by atoms with E-state index in [9.17, 15) is 24.6 Å². The molecular formula is C24H28N8O5+2. The van der Waals surface area contributed by atoms with Crippen molar-refractivity contribution in [2.45, 2.75) is 42.4 Å². The number of nitrogens with zero attached hydrogens (tertiary/aromatic N) is 2. The summed E-state index contributed by atoms with van der Waals surface area (Å²) in [6.07, 6.45) is 0.248. The van der Waals surface area contributed by atoms with Crippen LogP contribution in [0.3, 0.4) is 0 Å². The number of rotatable bonds is 4. The minimum Gasteiger partial charge on any atom is -0.358 e. The van der Waals surface area contributed by atoms with Gasteiger partial charge in [-0.25, -0.2) is 9.89 Å². The summed E-state index contributed by atoms with van der Waals surface area (Å²) in [5.74, 6) is -3.54. The molecule has 13 nitrogen and oxygen atoms in total. The number of carbonyl (C=O) groups is 3. The van der Waals surface area contributed by atoms with Gasteiger partial charge in [0.05, 0.1) is 13.1 Å². The first-order valence-corrected chi connectivity index (χ1v) is 12.0. The summed E-state index contributed by atoms with van der Waals surface area (Å²) < 4.78 is 1.50. The number of aliphatic hydroxyl groups is 2. The van der Waals surface area contributed by atoms with Gasteiger partial charge in [0.1, 0.15) is 12.1 Å². The number of nitrogens with one attached hydrogen (secondary N) is 4.